The predicted molar refractivity (Wildman–Crippen MR) is 52.1 cm³/mol. The Morgan fingerprint density at radius 1 is 1.59 bits per heavy atom. The second-order valence-electron chi connectivity index (χ2n) is 3.83. The Morgan fingerprint density at radius 3 is 2.76 bits per heavy atom. The molecule has 1 atom stereocenters. The quantitative estimate of drug-likeness (QED) is 0.796. The molecule has 2 N–H and O–H groups in total. The van der Waals surface area contributed by atoms with Gasteiger partial charge in [0.05, 0.1) is 5.69 Å². The summed E-state index contributed by atoms with van der Waals surface area (Å²) in [5.74, 6) is -1.34. The van der Waals surface area contributed by atoms with Crippen molar-refractivity contribution in [3.63, 3.8) is 0 Å². The number of anilines is 1. The molecule has 94 valence electrons. The van der Waals surface area contributed by atoms with E-state index in [-0.39, 0.29) is 30.0 Å². The van der Waals surface area contributed by atoms with E-state index in [2.05, 4.69) is 10.4 Å². The van der Waals surface area contributed by atoms with Crippen LogP contribution in [0.2, 0.25) is 0 Å². The van der Waals surface area contributed by atoms with Gasteiger partial charge in [-0.25, -0.2) is 9.48 Å². The van der Waals surface area contributed by atoms with Gasteiger partial charge in [-0.2, -0.15) is 18.3 Å². The van der Waals surface area contributed by atoms with Crippen LogP contribution in [0, 0.1) is 6.92 Å². The minimum absolute atomic E-state index is 0.0661. The number of alkyl halides is 3. The standard InChI is InChI=1S/C9H10F3N3O2/c1-4-6(8(16)17)7-13-3-2-5(9(10,11)12)15(7)14-4/h5,13H,2-3H2,1H3,(H,16,17). The van der Waals surface area contributed by atoms with Gasteiger partial charge in [0, 0.05) is 6.54 Å². The van der Waals surface area contributed by atoms with Crippen molar-refractivity contribution in [2.75, 3.05) is 11.9 Å². The smallest absolute Gasteiger partial charge is 0.410 e. The van der Waals surface area contributed by atoms with Crippen LogP contribution in [0.1, 0.15) is 28.5 Å². The lowest BCUT2D eigenvalue weighted by Crippen LogP contribution is -2.34. The minimum atomic E-state index is -4.43. The topological polar surface area (TPSA) is 67.2 Å². The van der Waals surface area contributed by atoms with Crippen molar-refractivity contribution in [2.45, 2.75) is 25.6 Å². The van der Waals surface area contributed by atoms with Crippen molar-refractivity contribution in [1.29, 1.82) is 0 Å². The lowest BCUT2D eigenvalue weighted by molar-refractivity contribution is -0.171. The maximum absolute atomic E-state index is 12.7. The Labute approximate surface area is 94.2 Å². The van der Waals surface area contributed by atoms with Gasteiger partial charge in [-0.1, -0.05) is 0 Å². The van der Waals surface area contributed by atoms with Crippen LogP contribution in [0.5, 0.6) is 0 Å². The fourth-order valence-corrected chi connectivity index (χ4v) is 1.95. The molecule has 0 saturated carbocycles. The van der Waals surface area contributed by atoms with Crippen LogP contribution in [0.25, 0.3) is 0 Å². The molecule has 0 radical (unpaired) electrons. The van der Waals surface area contributed by atoms with Gasteiger partial charge in [-0.3, -0.25) is 0 Å². The molecule has 8 heteroatoms. The number of carbonyl (C=O) groups is 1. The van der Waals surface area contributed by atoms with Crippen molar-refractivity contribution in [3.8, 4) is 0 Å². The maximum Gasteiger partial charge on any atom is 0.410 e. The first-order valence-electron chi connectivity index (χ1n) is 4.95. The van der Waals surface area contributed by atoms with Crippen LogP contribution < -0.4 is 5.32 Å². The van der Waals surface area contributed by atoms with E-state index in [4.69, 9.17) is 5.11 Å². The van der Waals surface area contributed by atoms with Gasteiger partial charge in [0.2, 0.25) is 0 Å². The lowest BCUT2D eigenvalue weighted by Gasteiger charge is -2.27. The zero-order valence-electron chi connectivity index (χ0n) is 8.88. The zero-order chi connectivity index (χ0) is 12.8. The van der Waals surface area contributed by atoms with Crippen molar-refractivity contribution in [2.24, 2.45) is 0 Å². The summed E-state index contributed by atoms with van der Waals surface area (Å²) in [6.45, 7) is 1.46. The van der Waals surface area contributed by atoms with Crippen LogP contribution >= 0.6 is 0 Å². The monoisotopic (exact) mass is 249 g/mol. The second-order valence-corrected chi connectivity index (χ2v) is 3.83. The van der Waals surface area contributed by atoms with Gasteiger partial charge in [0.1, 0.15) is 11.4 Å². The fraction of sp³-hybridized carbons (Fsp3) is 0.556. The van der Waals surface area contributed by atoms with Crippen molar-refractivity contribution >= 4 is 11.8 Å². The molecule has 1 unspecified atom stereocenters. The van der Waals surface area contributed by atoms with Gasteiger partial charge in [-0.15, -0.1) is 0 Å². The number of aromatic carboxylic acids is 1. The molecule has 1 aliphatic heterocycles. The molecule has 0 spiro atoms. The maximum atomic E-state index is 12.7. The average Bonchev–Trinajstić information content (AvgIpc) is 2.51. The number of hydrogen-bond donors (Lipinski definition) is 2. The third-order valence-corrected chi connectivity index (χ3v) is 2.68. The molecular formula is C9H10F3N3O2. The van der Waals surface area contributed by atoms with E-state index in [0.29, 0.717) is 0 Å². The Kier molecular flexibility index (Phi) is 2.52. The summed E-state index contributed by atoms with van der Waals surface area (Å²) >= 11 is 0. The number of aromatic nitrogens is 2. The number of halogens is 3. The van der Waals surface area contributed by atoms with E-state index in [1.54, 1.807) is 0 Å². The molecule has 0 aliphatic carbocycles. The summed E-state index contributed by atoms with van der Waals surface area (Å²) in [5, 5.41) is 15.3. The van der Waals surface area contributed by atoms with Crippen molar-refractivity contribution in [1.82, 2.24) is 9.78 Å². The molecule has 5 nitrogen and oxygen atoms in total. The first-order valence-corrected chi connectivity index (χ1v) is 4.95. The van der Waals surface area contributed by atoms with E-state index in [0.717, 1.165) is 4.68 Å². The molecule has 1 aromatic rings. The van der Waals surface area contributed by atoms with Gasteiger partial charge < -0.3 is 10.4 Å². The summed E-state index contributed by atoms with van der Waals surface area (Å²) < 4.78 is 38.9. The Morgan fingerprint density at radius 2 is 2.24 bits per heavy atom. The molecule has 0 saturated heterocycles. The first kappa shape index (κ1) is 11.7. The van der Waals surface area contributed by atoms with Gasteiger partial charge in [0.25, 0.3) is 0 Å². The molecule has 0 fully saturated rings. The Bertz CT molecular complexity index is 467. The van der Waals surface area contributed by atoms with Gasteiger partial charge in [-0.05, 0) is 13.3 Å². The number of fused-ring (bicyclic) bond motifs is 1. The third kappa shape index (κ3) is 1.83. The predicted octanol–water partition coefficient (Wildman–Crippen LogP) is 1.81. The summed E-state index contributed by atoms with van der Waals surface area (Å²) in [7, 11) is 0. The number of aryl methyl sites for hydroxylation is 1. The van der Waals surface area contributed by atoms with E-state index in [9.17, 15) is 18.0 Å². The SMILES string of the molecule is Cc1nn2c(c1C(=O)O)NCCC2C(F)(F)F. The van der Waals surface area contributed by atoms with Crippen LogP contribution in [0.3, 0.4) is 0 Å². The molecule has 2 heterocycles. The Balaban J connectivity index is 2.54. The van der Waals surface area contributed by atoms with Crippen LogP contribution in [-0.4, -0.2) is 33.6 Å². The summed E-state index contributed by atoms with van der Waals surface area (Å²) in [5.41, 5.74) is -0.116. The fourth-order valence-electron chi connectivity index (χ4n) is 1.95. The van der Waals surface area contributed by atoms with Gasteiger partial charge >= 0.3 is 12.1 Å². The molecule has 1 aliphatic rings. The number of carboxylic acid groups (broad SMARTS) is 1. The lowest BCUT2D eigenvalue weighted by atomic mass is 10.1. The normalized spacial score (nSPS) is 19.6. The van der Waals surface area contributed by atoms with Gasteiger partial charge in [0.15, 0.2) is 6.04 Å². The largest absolute Gasteiger partial charge is 0.477 e. The minimum Gasteiger partial charge on any atom is -0.477 e. The first-order chi connectivity index (χ1) is 7.82. The summed E-state index contributed by atoms with van der Waals surface area (Å²) in [6, 6.07) is -1.76. The van der Waals surface area contributed by atoms with Crippen LogP contribution in [-0.2, 0) is 0 Å². The number of rotatable bonds is 1. The second kappa shape index (κ2) is 3.64. The zero-order valence-corrected chi connectivity index (χ0v) is 8.88. The highest BCUT2D eigenvalue weighted by Gasteiger charge is 2.45. The van der Waals surface area contributed by atoms with E-state index in [1.165, 1.54) is 6.92 Å². The average molecular weight is 249 g/mol. The molecular weight excluding hydrogens is 239 g/mol. The highest BCUT2D eigenvalue weighted by Crippen LogP contribution is 2.38. The Hall–Kier alpha value is -1.73. The van der Waals surface area contributed by atoms with E-state index >= 15 is 0 Å². The highest BCUT2D eigenvalue weighted by atomic mass is 19.4. The van der Waals surface area contributed by atoms with Crippen molar-refractivity contribution in [3.05, 3.63) is 11.3 Å². The molecule has 0 amide bonds. The van der Waals surface area contributed by atoms with Crippen LogP contribution in [0.4, 0.5) is 19.0 Å². The molecule has 2 rings (SSSR count). The molecule has 17 heavy (non-hydrogen) atoms. The number of nitrogens with zero attached hydrogens (tertiary/aromatic N) is 2. The molecule has 1 aromatic heterocycles. The number of hydrogen-bond acceptors (Lipinski definition) is 3. The van der Waals surface area contributed by atoms with E-state index < -0.39 is 18.2 Å². The number of nitrogens with one attached hydrogen (secondary N) is 1. The van der Waals surface area contributed by atoms with E-state index in [1.807, 2.05) is 0 Å². The van der Waals surface area contributed by atoms with Crippen molar-refractivity contribution < 1.29 is 23.1 Å². The summed E-state index contributed by atoms with van der Waals surface area (Å²) in [6.07, 6.45) is -4.58. The summed E-state index contributed by atoms with van der Waals surface area (Å²) in [4.78, 5) is 10.9. The molecule has 0 bridgehead atoms. The van der Waals surface area contributed by atoms with Crippen LogP contribution in [0.15, 0.2) is 0 Å². The molecule has 0 aromatic carbocycles. The highest BCUT2D eigenvalue weighted by molar-refractivity contribution is 5.94. The third-order valence-electron chi connectivity index (χ3n) is 2.68. The number of carboxylic acids is 1.